The number of pyridine rings is 4. The average molecular weight is 1230 g/mol. The summed E-state index contributed by atoms with van der Waals surface area (Å²) < 4.78 is 12.8. The standard InChI is InChI=1S/C71H80N12O8/c1-4-47-11-10-12-51(33-47)52-37-62(75-63(84)43-83(42-48-19-24-78(3)64(85)35-48)69(89)90-44-58-56-15-8-6-13-54(56)55-14-7-9-16-57(55)58)65(74-39-52)68(88)82-31-27-80(28-32-82)45-71-22-20-70(21-23-71,46-91-71)77-67(87)59-18-17-53(40-73-59)81-29-25-79(26-30-81)41-49-34-61-60(72-38-49)36-50(5-2)66(86)76-61/h6-18,33-34,36-40,48,58H,4-5,19-32,35,41-46H2,1-3H3,(H,75,84)(H,76,86)(H,77,87). The van der Waals surface area contributed by atoms with Crippen molar-refractivity contribution in [3.63, 3.8) is 0 Å². The van der Waals surface area contributed by atoms with Crippen LogP contribution in [0.2, 0.25) is 0 Å². The zero-order valence-corrected chi connectivity index (χ0v) is 52.3. The molecule has 9 heterocycles. The second kappa shape index (κ2) is 26.2. The number of amides is 5. The summed E-state index contributed by atoms with van der Waals surface area (Å²) in [5.41, 5.74) is 11.2. The molecule has 14 rings (SSSR count). The Morgan fingerprint density at radius 3 is 2.18 bits per heavy atom. The highest BCUT2D eigenvalue weighted by molar-refractivity contribution is 6.04. The van der Waals surface area contributed by atoms with Crippen LogP contribution in [-0.4, -0.2) is 184 Å². The van der Waals surface area contributed by atoms with Crippen molar-refractivity contribution in [3.05, 3.63) is 171 Å². The van der Waals surface area contributed by atoms with Gasteiger partial charge < -0.3 is 39.8 Å². The fourth-order valence-electron chi connectivity index (χ4n) is 14.3. The molecule has 1 saturated carbocycles. The van der Waals surface area contributed by atoms with Crippen molar-refractivity contribution in [2.45, 2.75) is 88.8 Å². The van der Waals surface area contributed by atoms with Crippen LogP contribution in [0.25, 0.3) is 33.3 Å². The molecule has 91 heavy (non-hydrogen) atoms. The first-order chi connectivity index (χ1) is 44.2. The van der Waals surface area contributed by atoms with Crippen molar-refractivity contribution in [1.29, 1.82) is 0 Å². The number of benzene rings is 3. The highest BCUT2D eigenvalue weighted by Crippen LogP contribution is 2.46. The van der Waals surface area contributed by atoms with Crippen molar-refractivity contribution >= 4 is 52.1 Å². The number of likely N-dealkylation sites (tertiary alicyclic amines) is 1. The molecule has 20 nitrogen and oxygen atoms in total. The van der Waals surface area contributed by atoms with E-state index >= 15 is 0 Å². The number of hydrogen-bond acceptors (Lipinski definition) is 14. The van der Waals surface area contributed by atoms with Crippen molar-refractivity contribution in [1.82, 2.24) is 49.8 Å². The third-order valence-corrected chi connectivity index (χ3v) is 19.9. The molecule has 0 radical (unpaired) electrons. The molecule has 472 valence electrons. The Morgan fingerprint density at radius 1 is 0.736 bits per heavy atom. The minimum absolute atomic E-state index is 0.0164. The average Bonchev–Trinajstić information content (AvgIpc) is 1.79. The van der Waals surface area contributed by atoms with Crippen molar-refractivity contribution in [3.8, 4) is 22.3 Å². The largest absolute Gasteiger partial charge is 0.448 e. The monoisotopic (exact) mass is 1230 g/mol. The number of aromatic amines is 1. The maximum Gasteiger partial charge on any atom is 0.410 e. The summed E-state index contributed by atoms with van der Waals surface area (Å²) >= 11 is 0. The Kier molecular flexibility index (Phi) is 17.5. The van der Waals surface area contributed by atoms with Crippen LogP contribution in [0.5, 0.6) is 0 Å². The lowest BCUT2D eigenvalue weighted by Crippen LogP contribution is -2.66. The highest BCUT2D eigenvalue weighted by atomic mass is 16.6. The number of piperidine rings is 1. The van der Waals surface area contributed by atoms with Gasteiger partial charge in [-0.1, -0.05) is 86.6 Å². The van der Waals surface area contributed by atoms with E-state index in [1.54, 1.807) is 35.3 Å². The van der Waals surface area contributed by atoms with Gasteiger partial charge in [0.15, 0.2) is 5.69 Å². The molecule has 3 N–H and O–H groups in total. The van der Waals surface area contributed by atoms with E-state index in [-0.39, 0.29) is 78.2 Å². The van der Waals surface area contributed by atoms with E-state index < -0.39 is 17.5 Å². The molecule has 7 aliphatic rings. The third-order valence-electron chi connectivity index (χ3n) is 19.9. The first kappa shape index (κ1) is 61.0. The second-order valence-corrected chi connectivity index (χ2v) is 25.8. The summed E-state index contributed by atoms with van der Waals surface area (Å²) in [7, 11) is 1.77. The van der Waals surface area contributed by atoms with Gasteiger partial charge in [0.05, 0.1) is 46.4 Å². The molecule has 1 atom stereocenters. The molecule has 0 spiro atoms. The van der Waals surface area contributed by atoms with Crippen LogP contribution in [0.1, 0.15) is 107 Å². The Balaban J connectivity index is 0.613. The van der Waals surface area contributed by atoms with Gasteiger partial charge in [0.2, 0.25) is 11.8 Å². The number of hydrogen-bond donors (Lipinski definition) is 3. The Hall–Kier alpha value is -8.85. The van der Waals surface area contributed by atoms with E-state index in [1.165, 1.54) is 4.90 Å². The van der Waals surface area contributed by atoms with Crippen LogP contribution in [0.15, 0.2) is 127 Å². The molecule has 20 heteroatoms. The molecule has 5 aliphatic heterocycles. The normalized spacial score (nSPS) is 20.9. The van der Waals surface area contributed by atoms with Crippen molar-refractivity contribution in [2.75, 3.05) is 109 Å². The van der Waals surface area contributed by atoms with Gasteiger partial charge in [-0.25, -0.2) is 14.8 Å². The molecule has 3 aromatic carbocycles. The van der Waals surface area contributed by atoms with Gasteiger partial charge in [0.25, 0.3) is 17.4 Å². The fraction of sp³-hybridized carbons (Fsp3) is 0.423. The van der Waals surface area contributed by atoms with E-state index in [9.17, 15) is 28.8 Å². The molecule has 6 fully saturated rings. The number of piperazine rings is 2. The number of nitrogens with one attached hydrogen (secondary N) is 3. The zero-order valence-electron chi connectivity index (χ0n) is 52.3. The molecule has 2 aliphatic carbocycles. The van der Waals surface area contributed by atoms with Gasteiger partial charge in [-0.2, -0.15) is 0 Å². The minimum Gasteiger partial charge on any atom is -0.448 e. The summed E-state index contributed by atoms with van der Waals surface area (Å²) in [6.45, 7) is 11.7. The molecular weight excluding hydrogens is 1150 g/mol. The lowest BCUT2D eigenvalue weighted by molar-refractivity contribution is -0.170. The van der Waals surface area contributed by atoms with E-state index in [4.69, 9.17) is 14.5 Å². The van der Waals surface area contributed by atoms with E-state index in [0.29, 0.717) is 64.4 Å². The third kappa shape index (κ3) is 13.2. The van der Waals surface area contributed by atoms with Gasteiger partial charge in [-0.15, -0.1) is 0 Å². The Labute approximate surface area is 530 Å². The number of aromatic nitrogens is 4. The molecule has 2 bridgehead atoms. The van der Waals surface area contributed by atoms with Crippen LogP contribution < -0.4 is 21.1 Å². The van der Waals surface area contributed by atoms with E-state index in [2.05, 4.69) is 83.6 Å². The SMILES string of the molecule is CCc1cccc(-c2cnc(C(=O)N3CCN(CC45CCC(NC(=O)c6ccc(N7CCN(Cc8cnc9cc(CC)c(=O)[nH]c9c8)CC7)cn6)(CC4)CO5)CC3)c(NC(=O)CN(CC3CCN(C)C(=O)C3)C(=O)OCC3c4ccccc4-c4ccccc43)c2)c1. The van der Waals surface area contributed by atoms with Gasteiger partial charge in [0.1, 0.15) is 18.8 Å². The number of rotatable bonds is 18. The van der Waals surface area contributed by atoms with E-state index in [1.807, 2.05) is 73.8 Å². The first-order valence-corrected chi connectivity index (χ1v) is 32.4. The number of carbonyl (C=O) groups is 5. The summed E-state index contributed by atoms with van der Waals surface area (Å²) in [5.74, 6) is -1.43. The molecule has 5 amide bonds. The second-order valence-electron chi connectivity index (χ2n) is 25.8. The molecular formula is C71H80N12O8. The summed E-state index contributed by atoms with van der Waals surface area (Å²) in [5, 5.41) is 6.35. The number of ether oxygens (including phenoxy) is 2. The number of carbonyl (C=O) groups excluding carboxylic acids is 5. The van der Waals surface area contributed by atoms with Gasteiger partial charge >= 0.3 is 6.09 Å². The zero-order chi connectivity index (χ0) is 62.8. The molecule has 4 aromatic heterocycles. The summed E-state index contributed by atoms with van der Waals surface area (Å²) in [6.07, 6.45) is 10.2. The maximum absolute atomic E-state index is 14.7. The van der Waals surface area contributed by atoms with Crippen molar-refractivity contribution in [2.24, 2.45) is 5.92 Å². The van der Waals surface area contributed by atoms with Gasteiger partial charge in [-0.05, 0) is 120 Å². The number of aryl methyl sites for hydroxylation is 2. The Bertz CT molecular complexity index is 3880. The first-order valence-electron chi connectivity index (χ1n) is 32.4. The predicted molar refractivity (Wildman–Crippen MR) is 348 cm³/mol. The van der Waals surface area contributed by atoms with Crippen LogP contribution in [0.4, 0.5) is 16.2 Å². The fourth-order valence-corrected chi connectivity index (χ4v) is 14.3. The smallest absolute Gasteiger partial charge is 0.410 e. The van der Waals surface area contributed by atoms with Crippen molar-refractivity contribution < 1.29 is 33.4 Å². The number of anilines is 2. The van der Waals surface area contributed by atoms with Crippen LogP contribution in [0.3, 0.4) is 0 Å². The topological polar surface area (TPSA) is 219 Å². The molecule has 5 saturated heterocycles. The number of fused-ring (bicyclic) bond motifs is 7. The summed E-state index contributed by atoms with van der Waals surface area (Å²) in [6, 6.07) is 33.8. The molecule has 1 unspecified atom stereocenters. The van der Waals surface area contributed by atoms with Crippen LogP contribution in [-0.2, 0) is 38.4 Å². The summed E-state index contributed by atoms with van der Waals surface area (Å²) in [4.78, 5) is 112. The lowest BCUT2D eigenvalue weighted by Gasteiger charge is -2.54. The minimum atomic E-state index is -0.656. The quantitative estimate of drug-likeness (QED) is 0.0739. The maximum atomic E-state index is 14.7. The van der Waals surface area contributed by atoms with Gasteiger partial charge in [0, 0.05) is 121 Å². The molecule has 7 aromatic rings. The number of nitrogens with zero attached hydrogens (tertiary/aromatic N) is 9. The Morgan fingerprint density at radius 2 is 1.48 bits per heavy atom. The van der Waals surface area contributed by atoms with Crippen LogP contribution in [0, 0.1) is 5.92 Å². The van der Waals surface area contributed by atoms with Gasteiger partial charge in [-0.3, -0.25) is 43.7 Å². The lowest BCUT2D eigenvalue weighted by atomic mass is 9.70. The highest BCUT2D eigenvalue weighted by Gasteiger charge is 2.51. The van der Waals surface area contributed by atoms with E-state index in [0.717, 1.165) is 132 Å². The number of H-pyrrole nitrogens is 1. The predicted octanol–water partition coefficient (Wildman–Crippen LogP) is 8.15. The van der Waals surface area contributed by atoms with Crippen LogP contribution >= 0.6 is 0 Å².